The van der Waals surface area contributed by atoms with Gasteiger partial charge in [-0.15, -0.1) is 12.6 Å². The molecule has 0 aliphatic heterocycles. The number of hydrogen-bond donors (Lipinski definition) is 1. The van der Waals surface area contributed by atoms with Gasteiger partial charge in [-0.2, -0.15) is 0 Å². The Kier molecular flexibility index (Phi) is 4.11. The second-order valence-electron chi connectivity index (χ2n) is 1.56. The molecule has 0 heterocycles. The van der Waals surface area contributed by atoms with Gasteiger partial charge in [0.1, 0.15) is 0 Å². The smallest absolute Gasteiger partial charge is 0.0150 e. The SMILES string of the molecule is C/C(S)=C/C=C(\C)Cl. The molecule has 2 heteroatoms. The molecule has 46 valence electrons. The molecule has 0 N–H and O–H groups in total. The fraction of sp³-hybridized carbons (Fsp3) is 0.333. The summed E-state index contributed by atoms with van der Waals surface area (Å²) in [5.41, 5.74) is 0. The molecule has 0 atom stereocenters. The first-order chi connectivity index (χ1) is 3.63. The molecule has 8 heavy (non-hydrogen) atoms. The molecular formula is C6H9ClS. The first-order valence-electron chi connectivity index (χ1n) is 2.32. The van der Waals surface area contributed by atoms with E-state index >= 15 is 0 Å². The Balaban J connectivity index is 3.76. The fourth-order valence-corrected chi connectivity index (χ4v) is 0.373. The normalized spacial score (nSPS) is 14.5. The van der Waals surface area contributed by atoms with E-state index in [-0.39, 0.29) is 0 Å². The molecule has 0 aromatic rings. The molecule has 0 aromatic carbocycles. The highest BCUT2D eigenvalue weighted by molar-refractivity contribution is 7.84. The molecule has 0 saturated carbocycles. The van der Waals surface area contributed by atoms with E-state index in [4.69, 9.17) is 11.6 Å². The third-order valence-corrected chi connectivity index (χ3v) is 0.829. The predicted molar refractivity (Wildman–Crippen MR) is 42.4 cm³/mol. The van der Waals surface area contributed by atoms with Gasteiger partial charge in [-0.3, -0.25) is 0 Å². The van der Waals surface area contributed by atoms with Crippen LogP contribution >= 0.6 is 24.2 Å². The highest BCUT2D eigenvalue weighted by Gasteiger charge is 1.74. The summed E-state index contributed by atoms with van der Waals surface area (Å²) in [6, 6.07) is 0. The van der Waals surface area contributed by atoms with Crippen LogP contribution in [0.3, 0.4) is 0 Å². The lowest BCUT2D eigenvalue weighted by molar-refractivity contribution is 1.62. The van der Waals surface area contributed by atoms with Crippen molar-refractivity contribution in [1.82, 2.24) is 0 Å². The van der Waals surface area contributed by atoms with Crippen molar-refractivity contribution in [3.63, 3.8) is 0 Å². The standard InChI is InChI=1S/C6H9ClS/c1-5(7)3-4-6(2)8/h3-4,8H,1-2H3/b5-3+,6-4-. The van der Waals surface area contributed by atoms with Crippen molar-refractivity contribution >= 4 is 24.2 Å². The molecule has 0 saturated heterocycles. The van der Waals surface area contributed by atoms with E-state index in [1.165, 1.54) is 0 Å². The summed E-state index contributed by atoms with van der Waals surface area (Å²) in [5, 5.41) is 0.776. The van der Waals surface area contributed by atoms with E-state index in [1.807, 2.05) is 26.0 Å². The molecular weight excluding hydrogens is 140 g/mol. The van der Waals surface area contributed by atoms with Crippen molar-refractivity contribution in [2.45, 2.75) is 13.8 Å². The van der Waals surface area contributed by atoms with Crippen LogP contribution in [0, 0.1) is 0 Å². The first kappa shape index (κ1) is 8.12. The van der Waals surface area contributed by atoms with Crippen LogP contribution in [0.4, 0.5) is 0 Å². The van der Waals surface area contributed by atoms with Gasteiger partial charge in [0.2, 0.25) is 0 Å². The average Bonchev–Trinajstić information content (AvgIpc) is 1.61. The number of rotatable bonds is 1. The maximum Gasteiger partial charge on any atom is 0.0150 e. The summed E-state index contributed by atoms with van der Waals surface area (Å²) in [5.74, 6) is 0. The van der Waals surface area contributed by atoms with Crippen LogP contribution < -0.4 is 0 Å². The van der Waals surface area contributed by atoms with Gasteiger partial charge in [-0.05, 0) is 24.8 Å². The molecule has 0 spiro atoms. The summed E-state index contributed by atoms with van der Waals surface area (Å²) >= 11 is 9.54. The van der Waals surface area contributed by atoms with Crippen LogP contribution in [-0.2, 0) is 0 Å². The Labute approximate surface area is 60.6 Å². The molecule has 0 aromatic heterocycles. The third kappa shape index (κ3) is 6.12. The zero-order valence-corrected chi connectivity index (χ0v) is 6.63. The Morgan fingerprint density at radius 3 is 2.00 bits per heavy atom. The maximum atomic E-state index is 5.50. The van der Waals surface area contributed by atoms with E-state index in [9.17, 15) is 0 Å². The monoisotopic (exact) mass is 148 g/mol. The van der Waals surface area contributed by atoms with E-state index in [2.05, 4.69) is 12.6 Å². The van der Waals surface area contributed by atoms with Crippen LogP contribution in [0.15, 0.2) is 22.1 Å². The van der Waals surface area contributed by atoms with Gasteiger partial charge in [-0.1, -0.05) is 17.7 Å². The highest BCUT2D eigenvalue weighted by Crippen LogP contribution is 2.02. The van der Waals surface area contributed by atoms with E-state index < -0.39 is 0 Å². The molecule has 0 fully saturated rings. The minimum absolute atomic E-state index is 0.776. The van der Waals surface area contributed by atoms with Crippen LogP contribution in [0.1, 0.15) is 13.8 Å². The van der Waals surface area contributed by atoms with Crippen molar-refractivity contribution in [3.8, 4) is 0 Å². The topological polar surface area (TPSA) is 0 Å². The maximum absolute atomic E-state index is 5.50. The molecule has 0 aliphatic carbocycles. The minimum Gasteiger partial charge on any atom is -0.148 e. The largest absolute Gasteiger partial charge is 0.148 e. The second-order valence-corrected chi connectivity index (χ2v) is 2.86. The molecule has 0 unspecified atom stereocenters. The van der Waals surface area contributed by atoms with Crippen molar-refractivity contribution in [1.29, 1.82) is 0 Å². The lowest BCUT2D eigenvalue weighted by Gasteiger charge is -1.81. The van der Waals surface area contributed by atoms with Crippen LogP contribution in [0.25, 0.3) is 0 Å². The van der Waals surface area contributed by atoms with Gasteiger partial charge >= 0.3 is 0 Å². The quantitative estimate of drug-likeness (QED) is 0.429. The van der Waals surface area contributed by atoms with Crippen LogP contribution in [0.5, 0.6) is 0 Å². The fourth-order valence-electron chi connectivity index (χ4n) is 0.235. The van der Waals surface area contributed by atoms with E-state index in [0.717, 1.165) is 9.94 Å². The van der Waals surface area contributed by atoms with Crippen molar-refractivity contribution < 1.29 is 0 Å². The minimum atomic E-state index is 0.776. The summed E-state index contributed by atoms with van der Waals surface area (Å²) in [6.07, 6.45) is 3.66. The third-order valence-electron chi connectivity index (χ3n) is 0.554. The molecule has 0 bridgehead atoms. The number of halogens is 1. The van der Waals surface area contributed by atoms with E-state index in [0.29, 0.717) is 0 Å². The van der Waals surface area contributed by atoms with Crippen LogP contribution in [0.2, 0.25) is 0 Å². The Hall–Kier alpha value is 0.120. The van der Waals surface area contributed by atoms with Gasteiger partial charge in [-0.25, -0.2) is 0 Å². The van der Waals surface area contributed by atoms with Gasteiger partial charge in [0, 0.05) is 5.03 Å². The first-order valence-corrected chi connectivity index (χ1v) is 3.15. The van der Waals surface area contributed by atoms with Gasteiger partial charge < -0.3 is 0 Å². The molecule has 0 nitrogen and oxygen atoms in total. The van der Waals surface area contributed by atoms with Crippen molar-refractivity contribution in [2.75, 3.05) is 0 Å². The van der Waals surface area contributed by atoms with Gasteiger partial charge in [0.15, 0.2) is 0 Å². The van der Waals surface area contributed by atoms with Crippen molar-refractivity contribution in [2.24, 2.45) is 0 Å². The molecule has 0 aliphatic rings. The zero-order chi connectivity index (χ0) is 6.57. The summed E-state index contributed by atoms with van der Waals surface area (Å²) in [4.78, 5) is 0.963. The molecule has 0 rings (SSSR count). The Bertz CT molecular complexity index is 100. The second kappa shape index (κ2) is 4.04. The number of hydrogen-bond acceptors (Lipinski definition) is 1. The summed E-state index contributed by atoms with van der Waals surface area (Å²) in [7, 11) is 0. The van der Waals surface area contributed by atoms with Gasteiger partial charge in [0.25, 0.3) is 0 Å². The molecule has 0 amide bonds. The van der Waals surface area contributed by atoms with Crippen LogP contribution in [-0.4, -0.2) is 0 Å². The lowest BCUT2D eigenvalue weighted by atomic mass is 10.4. The van der Waals surface area contributed by atoms with E-state index in [1.54, 1.807) is 0 Å². The number of allylic oxidation sites excluding steroid dienone is 4. The lowest BCUT2D eigenvalue weighted by Crippen LogP contribution is -1.57. The Morgan fingerprint density at radius 1 is 1.38 bits per heavy atom. The summed E-state index contributed by atoms with van der Waals surface area (Å²) < 4.78 is 0. The Morgan fingerprint density at radius 2 is 1.88 bits per heavy atom. The summed E-state index contributed by atoms with van der Waals surface area (Å²) in [6.45, 7) is 3.73. The molecule has 0 radical (unpaired) electrons. The average molecular weight is 149 g/mol. The predicted octanol–water partition coefficient (Wildman–Crippen LogP) is 2.96. The van der Waals surface area contributed by atoms with Crippen molar-refractivity contribution in [3.05, 3.63) is 22.1 Å². The zero-order valence-electron chi connectivity index (χ0n) is 4.98. The number of thiol groups is 1. The highest BCUT2D eigenvalue weighted by atomic mass is 35.5. The van der Waals surface area contributed by atoms with Gasteiger partial charge in [0.05, 0.1) is 0 Å².